The zero-order valence-electron chi connectivity index (χ0n) is 15.1. The maximum absolute atomic E-state index is 12.9. The van der Waals surface area contributed by atoms with E-state index in [2.05, 4.69) is 26.7 Å². The summed E-state index contributed by atoms with van der Waals surface area (Å²) in [5.74, 6) is 1.88. The van der Waals surface area contributed by atoms with Crippen molar-refractivity contribution in [2.75, 3.05) is 26.7 Å². The van der Waals surface area contributed by atoms with Gasteiger partial charge in [0.25, 0.3) is 0 Å². The third kappa shape index (κ3) is 3.17. The van der Waals surface area contributed by atoms with E-state index in [1.54, 1.807) is 28.6 Å². The molecule has 1 aromatic carbocycles. The maximum Gasteiger partial charge on any atom is 0.243 e. The molecule has 4 rings (SSSR count). The van der Waals surface area contributed by atoms with Crippen LogP contribution in [0.25, 0.3) is 0 Å². The predicted octanol–water partition coefficient (Wildman–Crippen LogP) is 1.68. The summed E-state index contributed by atoms with van der Waals surface area (Å²) in [7, 11) is -1.33. The number of hydrogen-bond donors (Lipinski definition) is 0. The lowest BCUT2D eigenvalue weighted by Gasteiger charge is -2.31. The van der Waals surface area contributed by atoms with Gasteiger partial charge in [-0.1, -0.05) is 24.6 Å². The van der Waals surface area contributed by atoms with Crippen molar-refractivity contribution in [2.24, 2.45) is 0 Å². The number of piperidine rings is 1. The Morgan fingerprint density at radius 3 is 2.58 bits per heavy atom. The fourth-order valence-corrected chi connectivity index (χ4v) is 5.41. The van der Waals surface area contributed by atoms with Crippen molar-refractivity contribution >= 4 is 10.0 Å². The molecule has 0 N–H and O–H groups in total. The average Bonchev–Trinajstić information content (AvgIpc) is 2.92. The third-order valence-corrected chi connectivity index (χ3v) is 7.38. The molecule has 2 aliphatic heterocycles. The van der Waals surface area contributed by atoms with E-state index in [9.17, 15) is 8.42 Å². The van der Waals surface area contributed by atoms with Crippen molar-refractivity contribution in [3.8, 4) is 0 Å². The maximum atomic E-state index is 12.9. The molecule has 1 saturated heterocycles. The van der Waals surface area contributed by atoms with Gasteiger partial charge in [0.15, 0.2) is 0 Å². The standard InChI is InChI=1S/C18H25N5O2S/c1-21-11-6-5-9-16(21)18-20-19-17-10-12-22(13-14-23(17)18)26(24,25)15-7-3-2-4-8-15/h2-4,7-8,16H,5-6,9-14H2,1H3. The summed E-state index contributed by atoms with van der Waals surface area (Å²) in [6.07, 6.45) is 4.10. The SMILES string of the molecule is CN1CCCCC1c1nnc2n1CCN(S(=O)(=O)c1ccccc1)CC2. The van der Waals surface area contributed by atoms with Gasteiger partial charge in [-0.3, -0.25) is 4.90 Å². The fraction of sp³-hybridized carbons (Fsp3) is 0.556. The normalized spacial score (nSPS) is 22.7. The lowest BCUT2D eigenvalue weighted by atomic mass is 10.0. The zero-order valence-corrected chi connectivity index (χ0v) is 15.9. The second-order valence-corrected chi connectivity index (χ2v) is 9.02. The highest BCUT2D eigenvalue weighted by molar-refractivity contribution is 7.89. The van der Waals surface area contributed by atoms with Crippen LogP contribution in [0.3, 0.4) is 0 Å². The molecule has 26 heavy (non-hydrogen) atoms. The Hall–Kier alpha value is -1.77. The van der Waals surface area contributed by atoms with Gasteiger partial charge in [-0.2, -0.15) is 4.31 Å². The van der Waals surface area contributed by atoms with E-state index in [0.717, 1.165) is 24.6 Å². The number of fused-ring (bicyclic) bond motifs is 1. The van der Waals surface area contributed by atoms with Gasteiger partial charge in [-0.25, -0.2) is 8.42 Å². The first-order valence-electron chi connectivity index (χ1n) is 9.25. The van der Waals surface area contributed by atoms with E-state index in [-0.39, 0.29) is 6.04 Å². The number of likely N-dealkylation sites (tertiary alicyclic amines) is 1. The van der Waals surface area contributed by atoms with Crippen LogP contribution in [-0.4, -0.2) is 59.1 Å². The van der Waals surface area contributed by atoms with E-state index in [1.807, 2.05) is 6.07 Å². The molecule has 0 spiro atoms. The van der Waals surface area contributed by atoms with Crippen molar-refractivity contribution in [1.82, 2.24) is 24.0 Å². The first-order valence-corrected chi connectivity index (χ1v) is 10.7. The molecule has 1 unspecified atom stereocenters. The highest BCUT2D eigenvalue weighted by atomic mass is 32.2. The van der Waals surface area contributed by atoms with E-state index < -0.39 is 10.0 Å². The monoisotopic (exact) mass is 375 g/mol. The third-order valence-electron chi connectivity index (χ3n) is 5.46. The van der Waals surface area contributed by atoms with E-state index in [1.165, 1.54) is 12.8 Å². The predicted molar refractivity (Wildman–Crippen MR) is 98.1 cm³/mol. The second-order valence-electron chi connectivity index (χ2n) is 7.09. The summed E-state index contributed by atoms with van der Waals surface area (Å²) in [4.78, 5) is 2.69. The Bertz CT molecular complexity index is 865. The van der Waals surface area contributed by atoms with E-state index in [4.69, 9.17) is 0 Å². The van der Waals surface area contributed by atoms with Crippen molar-refractivity contribution in [1.29, 1.82) is 0 Å². The van der Waals surface area contributed by atoms with Crippen molar-refractivity contribution in [3.63, 3.8) is 0 Å². The molecule has 1 aromatic heterocycles. The van der Waals surface area contributed by atoms with E-state index in [0.29, 0.717) is 31.0 Å². The van der Waals surface area contributed by atoms with Crippen LogP contribution in [0.2, 0.25) is 0 Å². The lowest BCUT2D eigenvalue weighted by Crippen LogP contribution is -2.34. The largest absolute Gasteiger partial charge is 0.312 e. The van der Waals surface area contributed by atoms with Gasteiger partial charge in [0.2, 0.25) is 10.0 Å². The molecule has 0 saturated carbocycles. The Balaban J connectivity index is 1.57. The molecule has 3 heterocycles. The highest BCUT2D eigenvalue weighted by Crippen LogP contribution is 2.29. The van der Waals surface area contributed by atoms with Crippen LogP contribution in [0.4, 0.5) is 0 Å². The zero-order chi connectivity index (χ0) is 18.1. The molecular formula is C18H25N5O2S. The molecule has 1 fully saturated rings. The average molecular weight is 375 g/mol. The van der Waals surface area contributed by atoms with Gasteiger partial charge < -0.3 is 4.57 Å². The summed E-state index contributed by atoms with van der Waals surface area (Å²) in [6, 6.07) is 8.94. The number of nitrogens with zero attached hydrogens (tertiary/aromatic N) is 5. The minimum atomic E-state index is -3.47. The quantitative estimate of drug-likeness (QED) is 0.816. The topological polar surface area (TPSA) is 71.3 Å². The summed E-state index contributed by atoms with van der Waals surface area (Å²) >= 11 is 0. The smallest absolute Gasteiger partial charge is 0.243 e. The highest BCUT2D eigenvalue weighted by Gasteiger charge is 2.31. The molecule has 7 nitrogen and oxygen atoms in total. The lowest BCUT2D eigenvalue weighted by molar-refractivity contribution is 0.174. The van der Waals surface area contributed by atoms with Gasteiger partial charge in [0, 0.05) is 26.1 Å². The van der Waals surface area contributed by atoms with Crippen molar-refractivity contribution in [3.05, 3.63) is 42.0 Å². The van der Waals surface area contributed by atoms with Gasteiger partial charge >= 0.3 is 0 Å². The molecule has 0 amide bonds. The molecule has 0 radical (unpaired) electrons. The van der Waals surface area contributed by atoms with Crippen LogP contribution < -0.4 is 0 Å². The molecule has 140 valence electrons. The summed E-state index contributed by atoms with van der Waals surface area (Å²) < 4.78 is 29.6. The minimum absolute atomic E-state index is 0.280. The molecule has 1 atom stereocenters. The van der Waals surface area contributed by atoms with Gasteiger partial charge in [-0.15, -0.1) is 10.2 Å². The van der Waals surface area contributed by atoms with E-state index >= 15 is 0 Å². The van der Waals surface area contributed by atoms with Crippen LogP contribution in [0.1, 0.15) is 37.0 Å². The summed E-state index contributed by atoms with van der Waals surface area (Å²) in [5, 5.41) is 8.84. The molecule has 2 aromatic rings. The Labute approximate surface area is 154 Å². The summed E-state index contributed by atoms with van der Waals surface area (Å²) in [6.45, 7) is 2.57. The number of sulfonamides is 1. The molecule has 8 heteroatoms. The van der Waals surface area contributed by atoms with Crippen LogP contribution >= 0.6 is 0 Å². The summed E-state index contributed by atoms with van der Waals surface area (Å²) in [5.41, 5.74) is 0. The molecule has 0 aliphatic carbocycles. The molecule has 2 aliphatic rings. The fourth-order valence-electron chi connectivity index (χ4n) is 3.96. The number of rotatable bonds is 3. The Morgan fingerprint density at radius 1 is 1.00 bits per heavy atom. The van der Waals surface area contributed by atoms with Gasteiger partial charge in [0.1, 0.15) is 11.6 Å². The first-order chi connectivity index (χ1) is 12.6. The van der Waals surface area contributed by atoms with Crippen LogP contribution in [0.5, 0.6) is 0 Å². The van der Waals surface area contributed by atoms with Crippen molar-refractivity contribution < 1.29 is 8.42 Å². The number of hydrogen-bond acceptors (Lipinski definition) is 5. The Morgan fingerprint density at radius 2 is 1.81 bits per heavy atom. The van der Waals surface area contributed by atoms with Crippen LogP contribution in [0, 0.1) is 0 Å². The minimum Gasteiger partial charge on any atom is -0.312 e. The molecule has 0 bridgehead atoms. The van der Waals surface area contributed by atoms with Crippen LogP contribution in [0.15, 0.2) is 35.2 Å². The van der Waals surface area contributed by atoms with Crippen molar-refractivity contribution in [2.45, 2.75) is 43.2 Å². The number of benzene rings is 1. The van der Waals surface area contributed by atoms with Gasteiger partial charge in [0.05, 0.1) is 10.9 Å². The number of aromatic nitrogens is 3. The Kier molecular flexibility index (Phi) is 4.81. The first kappa shape index (κ1) is 17.6. The van der Waals surface area contributed by atoms with Gasteiger partial charge in [-0.05, 0) is 38.6 Å². The second kappa shape index (κ2) is 7.09. The molecular weight excluding hydrogens is 350 g/mol. The van der Waals surface area contributed by atoms with Crippen LogP contribution in [-0.2, 0) is 23.0 Å².